The summed E-state index contributed by atoms with van der Waals surface area (Å²) in [6, 6.07) is 43.0. The summed E-state index contributed by atoms with van der Waals surface area (Å²) in [5, 5.41) is 6.71. The fourth-order valence-electron chi connectivity index (χ4n) is 13.9. The Labute approximate surface area is 738 Å². The number of nitrogens with zero attached hydrogens (tertiary/aromatic N) is 16. The molecule has 0 N–H and O–H groups in total. The highest BCUT2D eigenvalue weighted by molar-refractivity contribution is 8.10. The van der Waals surface area contributed by atoms with Gasteiger partial charge in [-0.1, -0.05) is 258 Å². The van der Waals surface area contributed by atoms with Gasteiger partial charge in [0, 0.05) is 98.6 Å². The third kappa shape index (κ3) is 17.6. The van der Waals surface area contributed by atoms with Crippen LogP contribution in [0.15, 0.2) is 211 Å². The van der Waals surface area contributed by atoms with Crippen molar-refractivity contribution in [3.63, 3.8) is 0 Å². The maximum absolute atomic E-state index is 5.18. The molecule has 4 aromatic heterocycles. The van der Waals surface area contributed by atoms with Crippen LogP contribution in [0.5, 0.6) is 0 Å². The van der Waals surface area contributed by atoms with Gasteiger partial charge in [-0.25, -0.2) is 29.9 Å². The molecule has 16 nitrogen and oxygen atoms in total. The highest BCUT2D eigenvalue weighted by atomic mass is 32.2. The van der Waals surface area contributed by atoms with Crippen LogP contribution in [0, 0.1) is 41.5 Å². The highest BCUT2D eigenvalue weighted by Gasteiger charge is 2.44. The zero-order valence-corrected chi connectivity index (χ0v) is 80.8. The van der Waals surface area contributed by atoms with Gasteiger partial charge in [0.2, 0.25) is 23.8 Å². The van der Waals surface area contributed by atoms with E-state index in [-0.39, 0.29) is 37.9 Å². The fraction of sp³-hybridized carbons (Fsp3) is 0.388. The Kier molecular flexibility index (Phi) is 23.6. The summed E-state index contributed by atoms with van der Waals surface area (Å²) in [5.74, 6) is 5.71. The number of hydrogen-bond acceptors (Lipinski definition) is 22. The largest absolute Gasteiger partial charge is 0.301 e. The Morgan fingerprint density at radius 2 is 0.550 bits per heavy atom. The molecule has 6 aliphatic heterocycles. The van der Waals surface area contributed by atoms with Gasteiger partial charge in [0.05, 0.1) is 22.7 Å². The van der Waals surface area contributed by atoms with Gasteiger partial charge in [0.15, 0.2) is 0 Å². The van der Waals surface area contributed by atoms with Gasteiger partial charge in [0.1, 0.15) is 53.5 Å². The van der Waals surface area contributed by atoms with Gasteiger partial charge in [0.25, 0.3) is 0 Å². The molecule has 0 unspecified atom stereocenters. The number of aromatic nitrogens is 10. The molecule has 10 heterocycles. The predicted molar refractivity (Wildman–Crippen MR) is 512 cm³/mol. The summed E-state index contributed by atoms with van der Waals surface area (Å²) in [6.07, 6.45) is 7.47. The molecular weight excluding hydrogens is 1590 g/mol. The van der Waals surface area contributed by atoms with Crippen LogP contribution in [0.1, 0.15) is 246 Å². The van der Waals surface area contributed by atoms with E-state index in [0.717, 1.165) is 77.3 Å². The SMILES string of the molecule is CC1=C(C)N(c2nc(C(C)(C)C)nc(C(C)(C)C)n2)/C(=C2\Sc3cc(C)c(C)cc3N2c2nc(C(C)(C)C)nc(C(C)(C)C)n2)S1.CC1=C(C)N(c2ncc(C)cn2)/C(=C2\Sc3cc(C(C)(C)C)ccc3N2c2ncc(C)cn2)S1.Cc1cc2c(cc1C)N(c1cccc(C(C)(C)C)c1)/C(=C1\Sc3ccccc3N1c1cccc(C(C)(C)C)c1)S2. The lowest BCUT2D eigenvalue weighted by Crippen LogP contribution is -2.29. The van der Waals surface area contributed by atoms with Gasteiger partial charge in [-0.15, -0.1) is 0 Å². The van der Waals surface area contributed by atoms with Crippen molar-refractivity contribution >= 4 is 128 Å². The maximum Gasteiger partial charge on any atom is 0.238 e. The van der Waals surface area contributed by atoms with Crippen molar-refractivity contribution in [2.75, 3.05) is 29.4 Å². The van der Waals surface area contributed by atoms with Crippen LogP contribution in [0.2, 0.25) is 0 Å². The van der Waals surface area contributed by atoms with E-state index in [2.05, 4.69) is 355 Å². The molecule has 0 atom stereocenters. The van der Waals surface area contributed by atoms with E-state index in [4.69, 9.17) is 39.9 Å². The predicted octanol–water partition coefficient (Wildman–Crippen LogP) is 28.0. The summed E-state index contributed by atoms with van der Waals surface area (Å²) in [6.45, 7) is 67.7. The van der Waals surface area contributed by atoms with E-state index in [1.807, 2.05) is 62.2 Å². The number of fused-ring (bicyclic) bond motifs is 4. The highest BCUT2D eigenvalue weighted by Crippen LogP contribution is 2.62. The Balaban J connectivity index is 0.000000149. The molecule has 6 aromatic carbocycles. The van der Waals surface area contributed by atoms with Crippen LogP contribution in [0.4, 0.5) is 57.9 Å². The van der Waals surface area contributed by atoms with E-state index < -0.39 is 0 Å². The molecule has 0 saturated heterocycles. The van der Waals surface area contributed by atoms with Crippen LogP contribution < -0.4 is 29.4 Å². The minimum Gasteiger partial charge on any atom is -0.301 e. The van der Waals surface area contributed by atoms with Crippen LogP contribution >= 0.6 is 70.6 Å². The van der Waals surface area contributed by atoms with Crippen molar-refractivity contribution in [2.45, 2.75) is 272 Å². The second kappa shape index (κ2) is 32.4. The van der Waals surface area contributed by atoms with Crippen molar-refractivity contribution in [2.24, 2.45) is 0 Å². The van der Waals surface area contributed by atoms with E-state index in [0.29, 0.717) is 23.8 Å². The molecule has 0 aliphatic carbocycles. The number of allylic oxidation sites excluding steroid dienone is 4. The monoisotopic (exact) mass is 1710 g/mol. The molecule has 120 heavy (non-hydrogen) atoms. The quantitative estimate of drug-likeness (QED) is 0.155. The summed E-state index contributed by atoms with van der Waals surface area (Å²) in [4.78, 5) is 70.4. The zero-order chi connectivity index (χ0) is 86.9. The first-order chi connectivity index (χ1) is 56.0. The minimum atomic E-state index is -0.260. The zero-order valence-electron chi connectivity index (χ0n) is 75.9. The first kappa shape index (κ1) is 87.4. The number of thioether (sulfide) groups is 6. The van der Waals surface area contributed by atoms with Gasteiger partial charge < -0.3 is 9.80 Å². The van der Waals surface area contributed by atoms with Crippen molar-refractivity contribution in [1.82, 2.24) is 49.8 Å². The molecule has 10 aromatic rings. The first-order valence-electron chi connectivity index (χ1n) is 41.3. The lowest BCUT2D eigenvalue weighted by Gasteiger charge is -2.29. The van der Waals surface area contributed by atoms with Gasteiger partial charge in [-0.05, 0) is 208 Å². The molecule has 0 fully saturated rings. The average Bonchev–Trinajstić information content (AvgIpc) is 1.58. The molecule has 0 spiro atoms. The number of hydrogen-bond donors (Lipinski definition) is 0. The van der Waals surface area contributed by atoms with E-state index in [9.17, 15) is 0 Å². The van der Waals surface area contributed by atoms with Gasteiger partial charge in [-0.3, -0.25) is 19.6 Å². The average molecular weight is 1710 g/mol. The third-order valence-corrected chi connectivity index (χ3v) is 29.0. The van der Waals surface area contributed by atoms with Crippen LogP contribution in [0.3, 0.4) is 0 Å². The maximum atomic E-state index is 5.18. The molecule has 22 heteroatoms. The van der Waals surface area contributed by atoms with Gasteiger partial charge in [-0.2, -0.15) is 19.9 Å². The smallest absolute Gasteiger partial charge is 0.238 e. The Morgan fingerprint density at radius 3 is 0.958 bits per heavy atom. The van der Waals surface area contributed by atoms with E-state index in [1.165, 1.54) is 101 Å². The summed E-state index contributed by atoms with van der Waals surface area (Å²) in [7, 11) is 0. The molecule has 16 rings (SSSR count). The Bertz CT molecular complexity index is 5830. The van der Waals surface area contributed by atoms with E-state index >= 15 is 0 Å². The summed E-state index contributed by atoms with van der Waals surface area (Å²) in [5.41, 5.74) is 19.7. The molecule has 6 aliphatic rings. The minimum absolute atomic E-state index is 0.0648. The number of para-hydroxylation sites is 1. The molecular formula is C98H116N16S6. The fourth-order valence-corrected chi connectivity index (χ4v) is 21.3. The lowest BCUT2D eigenvalue weighted by molar-refractivity contribution is 0.495. The molecule has 0 radical (unpaired) electrons. The Morgan fingerprint density at radius 1 is 0.242 bits per heavy atom. The van der Waals surface area contributed by atoms with E-state index in [1.54, 1.807) is 47.0 Å². The second-order valence-electron chi connectivity index (χ2n) is 39.2. The first-order valence-corrected chi connectivity index (χ1v) is 46.2. The van der Waals surface area contributed by atoms with Crippen LogP contribution in [0.25, 0.3) is 0 Å². The normalized spacial score (nSPS) is 17.6. The van der Waals surface area contributed by atoms with Crippen molar-refractivity contribution in [3.8, 4) is 0 Å². The summed E-state index contributed by atoms with van der Waals surface area (Å²) >= 11 is 10.8. The number of rotatable bonds is 6. The van der Waals surface area contributed by atoms with Crippen molar-refractivity contribution < 1.29 is 0 Å². The second-order valence-corrected chi connectivity index (χ2v) is 45.8. The number of benzene rings is 6. The van der Waals surface area contributed by atoms with Crippen molar-refractivity contribution in [1.29, 1.82) is 0 Å². The number of aryl methyl sites for hydroxylation is 6. The Hall–Kier alpha value is -8.90. The van der Waals surface area contributed by atoms with Gasteiger partial charge >= 0.3 is 0 Å². The molecule has 0 bridgehead atoms. The lowest BCUT2D eigenvalue weighted by atomic mass is 9.87. The molecule has 624 valence electrons. The number of anilines is 10. The molecule has 0 amide bonds. The van der Waals surface area contributed by atoms with Crippen LogP contribution in [-0.2, 0) is 37.9 Å². The third-order valence-electron chi connectivity index (χ3n) is 21.8. The van der Waals surface area contributed by atoms with Crippen molar-refractivity contribution in [3.05, 3.63) is 265 Å². The van der Waals surface area contributed by atoms with Crippen LogP contribution in [-0.4, -0.2) is 49.8 Å². The summed E-state index contributed by atoms with van der Waals surface area (Å²) < 4.78 is 0. The topological polar surface area (TPSA) is 148 Å². The molecule has 0 saturated carbocycles. The standard InChI is InChI=1S/C36H50N8S2.C36H38N2S2.C26H28N6S2/c1-19-17-23-24(18-20(19)2)46-26(44(23)32-41-29(35(11,12)13)38-30(42-32)36(14,15)16)25-43(21(3)22(4)45-25)31-39-27(33(5,6)7)37-28(40-31)34(8,9)10;1-23-19-30-32(20-24(23)2)40-34(38(30)28-16-12-14-26(22-28)36(6,7)8)33-37(29-17-9-10-18-31(29)39-33)27-15-11-13-25(21-27)35(3,4)5;1-15-11-27-24(28-12-15)31-17(3)18(4)33-22(31)23-32(25-29-13-16(2)14-30-25)20-9-8-19(26(5,6)7)10-21(20)34-23/h17-18H,1-16H3;9-22H,1-8H3;8-14H,1-7H3/b26-25+;34-33+;23-22+.